The molecule has 0 radical (unpaired) electrons. The smallest absolute Gasteiger partial charge is 0.265 e. The molecule has 0 fully saturated rings. The van der Waals surface area contributed by atoms with Gasteiger partial charge in [0.15, 0.2) is 0 Å². The Hall–Kier alpha value is -0.940. The van der Waals surface area contributed by atoms with Crippen LogP contribution in [0, 0.1) is 6.92 Å². The van der Waals surface area contributed by atoms with Crippen LogP contribution in [0.1, 0.15) is 11.4 Å². The molecule has 0 aliphatic heterocycles. The van der Waals surface area contributed by atoms with Crippen molar-refractivity contribution in [2.75, 3.05) is 0 Å². The number of rotatable bonds is 2. The lowest BCUT2D eigenvalue weighted by atomic mass is 10.3. The molecule has 0 aromatic carbocycles. The maximum Gasteiger partial charge on any atom is 0.265 e. The van der Waals surface area contributed by atoms with Gasteiger partial charge in [-0.15, -0.1) is 0 Å². The highest BCUT2D eigenvalue weighted by atomic mass is 79.9. The average molecular weight is 358 g/mol. The minimum atomic E-state index is -0.0588. The van der Waals surface area contributed by atoms with Gasteiger partial charge < -0.3 is 4.57 Å². The van der Waals surface area contributed by atoms with Crippen LogP contribution in [0.2, 0.25) is 0 Å². The number of halogens is 2. The summed E-state index contributed by atoms with van der Waals surface area (Å²) in [5, 5.41) is 0. The van der Waals surface area contributed by atoms with Crippen molar-refractivity contribution < 1.29 is 0 Å². The zero-order valence-corrected chi connectivity index (χ0v) is 12.3. The van der Waals surface area contributed by atoms with Gasteiger partial charge in [-0.2, -0.15) is 0 Å². The second kappa shape index (κ2) is 5.14. The SMILES string of the molecule is Cc1cccc(Cn2cc(Br)cc(Br)c2=O)n1. The molecule has 0 amide bonds. The first-order valence-electron chi connectivity index (χ1n) is 5.04. The van der Waals surface area contributed by atoms with E-state index >= 15 is 0 Å². The summed E-state index contributed by atoms with van der Waals surface area (Å²) in [5.74, 6) is 0. The van der Waals surface area contributed by atoms with Crippen LogP contribution in [0.5, 0.6) is 0 Å². The normalized spacial score (nSPS) is 10.5. The van der Waals surface area contributed by atoms with Crippen LogP contribution in [-0.2, 0) is 6.54 Å². The fourth-order valence-corrected chi connectivity index (χ4v) is 2.80. The van der Waals surface area contributed by atoms with Gasteiger partial charge in [0.2, 0.25) is 0 Å². The van der Waals surface area contributed by atoms with Crippen molar-refractivity contribution in [2.45, 2.75) is 13.5 Å². The maximum absolute atomic E-state index is 11.9. The molecule has 0 saturated carbocycles. The summed E-state index contributed by atoms with van der Waals surface area (Å²) in [7, 11) is 0. The Bertz CT molecular complexity index is 608. The molecule has 0 saturated heterocycles. The highest BCUT2D eigenvalue weighted by molar-refractivity contribution is 9.11. The number of hydrogen-bond acceptors (Lipinski definition) is 2. The van der Waals surface area contributed by atoms with Crippen molar-refractivity contribution in [3.05, 3.63) is 61.1 Å². The highest BCUT2D eigenvalue weighted by Crippen LogP contribution is 2.13. The number of nitrogens with zero attached hydrogens (tertiary/aromatic N) is 2. The molecular weight excluding hydrogens is 348 g/mol. The molecule has 3 nitrogen and oxygen atoms in total. The van der Waals surface area contributed by atoms with Gasteiger partial charge in [-0.1, -0.05) is 6.07 Å². The zero-order chi connectivity index (χ0) is 12.4. The lowest BCUT2D eigenvalue weighted by Gasteiger charge is -2.07. The zero-order valence-electron chi connectivity index (χ0n) is 9.15. The Kier molecular flexibility index (Phi) is 3.79. The summed E-state index contributed by atoms with van der Waals surface area (Å²) in [6.45, 7) is 2.40. The monoisotopic (exact) mass is 356 g/mol. The van der Waals surface area contributed by atoms with Crippen molar-refractivity contribution in [1.29, 1.82) is 0 Å². The molecule has 0 bridgehead atoms. The molecule has 2 aromatic heterocycles. The molecule has 2 heterocycles. The van der Waals surface area contributed by atoms with Crippen molar-refractivity contribution in [3.8, 4) is 0 Å². The molecule has 0 atom stereocenters. The Balaban J connectivity index is 2.40. The van der Waals surface area contributed by atoms with Gasteiger partial charge in [0.25, 0.3) is 5.56 Å². The first-order valence-corrected chi connectivity index (χ1v) is 6.63. The number of aromatic nitrogens is 2. The molecule has 2 aromatic rings. The van der Waals surface area contributed by atoms with Crippen LogP contribution in [-0.4, -0.2) is 9.55 Å². The van der Waals surface area contributed by atoms with E-state index in [4.69, 9.17) is 0 Å². The highest BCUT2D eigenvalue weighted by Gasteiger charge is 2.04. The third-order valence-corrected chi connectivity index (χ3v) is 3.29. The van der Waals surface area contributed by atoms with Gasteiger partial charge in [0, 0.05) is 16.4 Å². The average Bonchev–Trinajstić information content (AvgIpc) is 2.25. The standard InChI is InChI=1S/C12H10Br2N2O/c1-8-3-2-4-10(15-8)7-16-6-9(13)5-11(14)12(16)17/h2-6H,7H2,1H3. The molecule has 88 valence electrons. The Labute approximate surface area is 116 Å². The van der Waals surface area contributed by atoms with Crippen LogP contribution in [0.25, 0.3) is 0 Å². The van der Waals surface area contributed by atoms with E-state index in [1.807, 2.05) is 25.1 Å². The van der Waals surface area contributed by atoms with Crippen molar-refractivity contribution >= 4 is 31.9 Å². The second-order valence-corrected chi connectivity index (χ2v) is 5.48. The van der Waals surface area contributed by atoms with Crippen LogP contribution in [0.3, 0.4) is 0 Å². The number of aryl methyl sites for hydroxylation is 1. The van der Waals surface area contributed by atoms with Gasteiger partial charge in [-0.25, -0.2) is 0 Å². The first-order chi connectivity index (χ1) is 8.06. The maximum atomic E-state index is 11.9. The van der Waals surface area contributed by atoms with Gasteiger partial charge in [0.05, 0.1) is 16.7 Å². The Morgan fingerprint density at radius 1 is 1.35 bits per heavy atom. The molecule has 0 aliphatic carbocycles. The quantitative estimate of drug-likeness (QED) is 0.827. The fourth-order valence-electron chi connectivity index (χ4n) is 1.54. The molecule has 0 spiro atoms. The summed E-state index contributed by atoms with van der Waals surface area (Å²) >= 11 is 6.61. The van der Waals surface area contributed by atoms with E-state index in [-0.39, 0.29) is 5.56 Å². The van der Waals surface area contributed by atoms with E-state index in [9.17, 15) is 4.79 Å². The van der Waals surface area contributed by atoms with E-state index in [2.05, 4.69) is 36.8 Å². The summed E-state index contributed by atoms with van der Waals surface area (Å²) in [6, 6.07) is 7.52. The molecule has 0 unspecified atom stereocenters. The molecule has 0 N–H and O–H groups in total. The largest absolute Gasteiger partial charge is 0.307 e. The van der Waals surface area contributed by atoms with Crippen LogP contribution in [0.4, 0.5) is 0 Å². The summed E-state index contributed by atoms with van der Waals surface area (Å²) in [4.78, 5) is 16.3. The van der Waals surface area contributed by atoms with Gasteiger partial charge in [-0.3, -0.25) is 9.78 Å². The molecule has 5 heteroatoms. The summed E-state index contributed by atoms with van der Waals surface area (Å²) in [5.41, 5.74) is 1.76. The number of pyridine rings is 2. The topological polar surface area (TPSA) is 34.9 Å². The predicted molar refractivity (Wildman–Crippen MR) is 74.2 cm³/mol. The predicted octanol–water partition coefficient (Wildman–Crippen LogP) is 3.13. The van der Waals surface area contributed by atoms with Crippen molar-refractivity contribution in [3.63, 3.8) is 0 Å². The molecule has 0 aliphatic rings. The first kappa shape index (κ1) is 12.5. The van der Waals surface area contributed by atoms with E-state index in [0.717, 1.165) is 15.9 Å². The van der Waals surface area contributed by atoms with E-state index in [1.54, 1.807) is 16.8 Å². The van der Waals surface area contributed by atoms with Crippen molar-refractivity contribution in [2.24, 2.45) is 0 Å². The van der Waals surface area contributed by atoms with Crippen molar-refractivity contribution in [1.82, 2.24) is 9.55 Å². The van der Waals surface area contributed by atoms with Crippen LogP contribution < -0.4 is 5.56 Å². The van der Waals surface area contributed by atoms with E-state index in [0.29, 0.717) is 11.0 Å². The molecule has 2 rings (SSSR count). The van der Waals surface area contributed by atoms with Crippen LogP contribution >= 0.6 is 31.9 Å². The van der Waals surface area contributed by atoms with Gasteiger partial charge >= 0.3 is 0 Å². The van der Waals surface area contributed by atoms with E-state index in [1.165, 1.54) is 0 Å². The van der Waals surface area contributed by atoms with Gasteiger partial charge in [0.1, 0.15) is 0 Å². The van der Waals surface area contributed by atoms with Crippen LogP contribution in [0.15, 0.2) is 44.2 Å². The lowest BCUT2D eigenvalue weighted by Crippen LogP contribution is -2.21. The Morgan fingerprint density at radius 3 is 2.82 bits per heavy atom. The minimum Gasteiger partial charge on any atom is -0.307 e. The third kappa shape index (κ3) is 3.04. The molecular formula is C12H10Br2N2O. The Morgan fingerprint density at radius 2 is 2.12 bits per heavy atom. The van der Waals surface area contributed by atoms with E-state index < -0.39 is 0 Å². The minimum absolute atomic E-state index is 0.0588. The summed E-state index contributed by atoms with van der Waals surface area (Å²) in [6.07, 6.45) is 1.76. The fraction of sp³-hybridized carbons (Fsp3) is 0.167. The second-order valence-electron chi connectivity index (χ2n) is 3.71. The summed E-state index contributed by atoms with van der Waals surface area (Å²) < 4.78 is 3.02. The number of hydrogen-bond donors (Lipinski definition) is 0. The lowest BCUT2D eigenvalue weighted by molar-refractivity contribution is 0.730. The molecule has 17 heavy (non-hydrogen) atoms. The third-order valence-electron chi connectivity index (χ3n) is 2.29. The van der Waals surface area contributed by atoms with Gasteiger partial charge in [-0.05, 0) is 57.0 Å².